The smallest absolute Gasteiger partial charge is 0.131 e. The van der Waals surface area contributed by atoms with Crippen LogP contribution in [-0.4, -0.2) is 4.98 Å². The highest BCUT2D eigenvalue weighted by Crippen LogP contribution is 2.02. The molecule has 0 amide bonds. The van der Waals surface area contributed by atoms with Crippen molar-refractivity contribution in [3.63, 3.8) is 0 Å². The zero-order valence-electron chi connectivity index (χ0n) is 10.1. The molecule has 1 heterocycles. The molecule has 0 fully saturated rings. The second-order valence-corrected chi connectivity index (χ2v) is 3.94. The molecule has 0 aliphatic carbocycles. The van der Waals surface area contributed by atoms with E-state index in [2.05, 4.69) is 29.0 Å². The lowest BCUT2D eigenvalue weighted by Gasteiger charge is -1.95. The summed E-state index contributed by atoms with van der Waals surface area (Å²) < 4.78 is 12.4. The van der Waals surface area contributed by atoms with Crippen LogP contribution in [0.5, 0.6) is 0 Å². The number of pyridine rings is 1. The van der Waals surface area contributed by atoms with Gasteiger partial charge in [0.25, 0.3) is 0 Å². The van der Waals surface area contributed by atoms with Crippen LogP contribution in [0.2, 0.25) is 0 Å². The van der Waals surface area contributed by atoms with Gasteiger partial charge in [0.1, 0.15) is 12.4 Å². The quantitative estimate of drug-likeness (QED) is 0.747. The zero-order chi connectivity index (χ0) is 12.6. The number of hydrogen-bond acceptors (Lipinski definition) is 1. The highest BCUT2D eigenvalue weighted by atomic mass is 19.1. The van der Waals surface area contributed by atoms with E-state index in [1.807, 2.05) is 18.2 Å². The molecule has 0 aliphatic heterocycles. The van der Waals surface area contributed by atoms with Gasteiger partial charge >= 0.3 is 0 Å². The monoisotopic (exact) mass is 239 g/mol. The Morgan fingerprint density at radius 1 is 1.00 bits per heavy atom. The zero-order valence-corrected chi connectivity index (χ0v) is 10.1. The Morgan fingerprint density at radius 3 is 2.61 bits per heavy atom. The second-order valence-electron chi connectivity index (χ2n) is 3.94. The summed E-state index contributed by atoms with van der Waals surface area (Å²) >= 11 is 0. The fraction of sp³-hybridized carbons (Fsp3) is 0.188. The summed E-state index contributed by atoms with van der Waals surface area (Å²) in [5, 5.41) is 0. The fourth-order valence-electron chi connectivity index (χ4n) is 1.63. The van der Waals surface area contributed by atoms with Gasteiger partial charge in [-0.1, -0.05) is 42.3 Å². The molecular weight excluding hydrogens is 225 g/mol. The Balaban J connectivity index is 1.92. The summed E-state index contributed by atoms with van der Waals surface area (Å²) in [6.07, 6.45) is 1.71. The molecule has 0 spiro atoms. The average Bonchev–Trinajstić information content (AvgIpc) is 2.45. The number of rotatable bonds is 3. The second kappa shape index (κ2) is 6.56. The molecule has 0 unspecified atom stereocenters. The molecule has 0 saturated heterocycles. The van der Waals surface area contributed by atoms with E-state index < -0.39 is 6.67 Å². The van der Waals surface area contributed by atoms with E-state index >= 15 is 0 Å². The first-order valence-corrected chi connectivity index (χ1v) is 5.93. The van der Waals surface area contributed by atoms with E-state index in [0.717, 1.165) is 12.8 Å². The van der Waals surface area contributed by atoms with Crippen LogP contribution in [0, 0.1) is 11.8 Å². The minimum absolute atomic E-state index is 0.435. The van der Waals surface area contributed by atoms with Gasteiger partial charge in [0.2, 0.25) is 0 Å². The van der Waals surface area contributed by atoms with Crippen LogP contribution in [0.4, 0.5) is 4.39 Å². The molecular formula is C16H14FN. The molecule has 0 N–H and O–H groups in total. The summed E-state index contributed by atoms with van der Waals surface area (Å²) in [6.45, 7) is -0.542. The first-order chi connectivity index (χ1) is 8.88. The van der Waals surface area contributed by atoms with Crippen LogP contribution in [0.1, 0.15) is 23.4 Å². The molecule has 1 aromatic heterocycles. The topological polar surface area (TPSA) is 12.9 Å². The third kappa shape index (κ3) is 3.71. The van der Waals surface area contributed by atoms with Crippen LogP contribution in [0.15, 0.2) is 48.5 Å². The van der Waals surface area contributed by atoms with Crippen LogP contribution < -0.4 is 0 Å². The molecule has 0 radical (unpaired) electrons. The molecule has 0 aliphatic rings. The maximum Gasteiger partial charge on any atom is 0.131 e. The molecule has 2 rings (SSSR count). The predicted molar refractivity (Wildman–Crippen MR) is 70.7 cm³/mol. The maximum absolute atomic E-state index is 12.4. The van der Waals surface area contributed by atoms with Gasteiger partial charge in [-0.2, -0.15) is 0 Å². The van der Waals surface area contributed by atoms with E-state index in [1.54, 1.807) is 18.2 Å². The number of aryl methyl sites for hydroxylation is 1. The number of aromatic nitrogens is 1. The Kier molecular flexibility index (Phi) is 4.49. The molecule has 90 valence electrons. The average molecular weight is 239 g/mol. The van der Waals surface area contributed by atoms with Crippen LogP contribution >= 0.6 is 0 Å². The standard InChI is InChI=1S/C16H14FN/c17-13-16-12-6-11-15(18-16)10-5-4-9-14-7-2-1-3-8-14/h1-3,6-8,11-12H,4,9,13H2. The lowest BCUT2D eigenvalue weighted by atomic mass is 10.1. The third-order valence-electron chi connectivity index (χ3n) is 2.54. The van der Waals surface area contributed by atoms with Crippen molar-refractivity contribution in [1.29, 1.82) is 0 Å². The van der Waals surface area contributed by atoms with E-state index in [1.165, 1.54) is 5.56 Å². The maximum atomic E-state index is 12.4. The fourth-order valence-corrected chi connectivity index (χ4v) is 1.63. The summed E-state index contributed by atoms with van der Waals surface area (Å²) in [5.41, 5.74) is 2.35. The van der Waals surface area contributed by atoms with Crippen molar-refractivity contribution in [1.82, 2.24) is 4.98 Å². The van der Waals surface area contributed by atoms with Gasteiger partial charge in [-0.05, 0) is 30.0 Å². The normalized spacial score (nSPS) is 9.61. The minimum Gasteiger partial charge on any atom is -0.244 e. The molecule has 0 bridgehead atoms. The summed E-state index contributed by atoms with van der Waals surface area (Å²) in [7, 11) is 0. The van der Waals surface area contributed by atoms with Crippen molar-refractivity contribution < 1.29 is 4.39 Å². The van der Waals surface area contributed by atoms with Crippen LogP contribution in [0.25, 0.3) is 0 Å². The highest BCUT2D eigenvalue weighted by molar-refractivity contribution is 5.29. The molecule has 1 aromatic carbocycles. The van der Waals surface area contributed by atoms with Crippen molar-refractivity contribution in [3.8, 4) is 11.8 Å². The van der Waals surface area contributed by atoms with Crippen LogP contribution in [-0.2, 0) is 13.1 Å². The number of benzene rings is 1. The van der Waals surface area contributed by atoms with Gasteiger partial charge in [0.05, 0.1) is 5.69 Å². The predicted octanol–water partition coefficient (Wildman–Crippen LogP) is 3.54. The van der Waals surface area contributed by atoms with E-state index in [9.17, 15) is 4.39 Å². The molecule has 18 heavy (non-hydrogen) atoms. The van der Waals surface area contributed by atoms with Gasteiger partial charge in [0, 0.05) is 6.42 Å². The Bertz CT molecular complexity index is 552. The Morgan fingerprint density at radius 2 is 1.83 bits per heavy atom. The lowest BCUT2D eigenvalue weighted by molar-refractivity contribution is 0.476. The van der Waals surface area contributed by atoms with Gasteiger partial charge in [-0.3, -0.25) is 0 Å². The molecule has 2 aromatic rings. The first kappa shape index (κ1) is 12.3. The number of halogens is 1. The number of nitrogens with zero attached hydrogens (tertiary/aromatic N) is 1. The van der Waals surface area contributed by atoms with Crippen molar-refractivity contribution in [2.24, 2.45) is 0 Å². The third-order valence-corrected chi connectivity index (χ3v) is 2.54. The van der Waals surface area contributed by atoms with Gasteiger partial charge in [-0.25, -0.2) is 9.37 Å². The number of hydrogen-bond donors (Lipinski definition) is 0. The van der Waals surface area contributed by atoms with Crippen molar-refractivity contribution in [2.75, 3.05) is 0 Å². The molecule has 0 atom stereocenters. The SMILES string of the molecule is FCc1cccc(C#CCCc2ccccc2)n1. The van der Waals surface area contributed by atoms with E-state index in [-0.39, 0.29) is 0 Å². The van der Waals surface area contributed by atoms with Crippen molar-refractivity contribution in [3.05, 3.63) is 65.5 Å². The summed E-state index contributed by atoms with van der Waals surface area (Å²) in [6, 6.07) is 15.5. The molecule has 1 nitrogen and oxygen atoms in total. The van der Waals surface area contributed by atoms with Gasteiger partial charge in [0.15, 0.2) is 0 Å². The summed E-state index contributed by atoms with van der Waals surface area (Å²) in [5.74, 6) is 6.03. The molecule has 2 heteroatoms. The van der Waals surface area contributed by atoms with Crippen molar-refractivity contribution >= 4 is 0 Å². The Labute approximate surface area is 107 Å². The Hall–Kier alpha value is -2.14. The molecule has 0 saturated carbocycles. The van der Waals surface area contributed by atoms with Gasteiger partial charge < -0.3 is 0 Å². The van der Waals surface area contributed by atoms with Crippen molar-refractivity contribution in [2.45, 2.75) is 19.5 Å². The minimum atomic E-state index is -0.542. The largest absolute Gasteiger partial charge is 0.244 e. The number of alkyl halides is 1. The first-order valence-electron chi connectivity index (χ1n) is 5.93. The van der Waals surface area contributed by atoms with Gasteiger partial charge in [-0.15, -0.1) is 0 Å². The van der Waals surface area contributed by atoms with Crippen LogP contribution in [0.3, 0.4) is 0 Å². The van der Waals surface area contributed by atoms with E-state index in [4.69, 9.17) is 0 Å². The summed E-state index contributed by atoms with van der Waals surface area (Å²) in [4.78, 5) is 4.09. The lowest BCUT2D eigenvalue weighted by Crippen LogP contribution is -1.88. The highest BCUT2D eigenvalue weighted by Gasteiger charge is 1.93. The van der Waals surface area contributed by atoms with E-state index in [0.29, 0.717) is 11.4 Å².